The molecule has 3 aliphatic rings. The molecule has 3 aliphatic heterocycles. The van der Waals surface area contributed by atoms with E-state index in [-0.39, 0.29) is 5.91 Å². The topological polar surface area (TPSA) is 82.6 Å². The van der Waals surface area contributed by atoms with Gasteiger partial charge in [-0.25, -0.2) is 9.97 Å². The SMILES string of the molecule is C=C1Nc2ccc(C(=O)N3CC(N4Cc5cnc(Nc6cc(C)cc(C)c6)nc5C4)C3)cc2O1. The Morgan fingerprint density at radius 2 is 1.94 bits per heavy atom. The summed E-state index contributed by atoms with van der Waals surface area (Å²) in [5.41, 5.74) is 7.07. The molecule has 0 bridgehead atoms. The number of aromatic nitrogens is 2. The highest BCUT2D eigenvalue weighted by Gasteiger charge is 2.38. The van der Waals surface area contributed by atoms with Crippen molar-refractivity contribution in [2.24, 2.45) is 0 Å². The highest BCUT2D eigenvalue weighted by atomic mass is 16.5. The third-order valence-corrected chi connectivity index (χ3v) is 6.56. The minimum absolute atomic E-state index is 0.0246. The molecule has 8 heteroatoms. The van der Waals surface area contributed by atoms with Gasteiger partial charge in [0.05, 0.1) is 11.4 Å². The van der Waals surface area contributed by atoms with Gasteiger partial charge in [-0.3, -0.25) is 9.69 Å². The van der Waals surface area contributed by atoms with Crippen molar-refractivity contribution in [3.63, 3.8) is 0 Å². The van der Waals surface area contributed by atoms with Crippen LogP contribution in [0.3, 0.4) is 0 Å². The van der Waals surface area contributed by atoms with Crippen LogP contribution in [0.15, 0.2) is 55.1 Å². The van der Waals surface area contributed by atoms with E-state index in [0.29, 0.717) is 42.3 Å². The lowest BCUT2D eigenvalue weighted by molar-refractivity contribution is 0.0249. The van der Waals surface area contributed by atoms with Crippen LogP contribution in [0, 0.1) is 13.8 Å². The fourth-order valence-electron chi connectivity index (χ4n) is 4.86. The van der Waals surface area contributed by atoms with Crippen molar-refractivity contribution >= 4 is 23.2 Å². The van der Waals surface area contributed by atoms with Crippen LogP contribution in [-0.4, -0.2) is 44.8 Å². The van der Waals surface area contributed by atoms with Gasteiger partial charge in [0.2, 0.25) is 5.95 Å². The average molecular weight is 455 g/mol. The summed E-state index contributed by atoms with van der Waals surface area (Å²) in [6.45, 7) is 10.9. The van der Waals surface area contributed by atoms with Gasteiger partial charge < -0.3 is 20.3 Å². The van der Waals surface area contributed by atoms with Crippen molar-refractivity contribution in [3.05, 3.63) is 83.0 Å². The van der Waals surface area contributed by atoms with E-state index in [1.54, 1.807) is 6.07 Å². The molecule has 2 N–H and O–H groups in total. The number of hydrogen-bond acceptors (Lipinski definition) is 7. The summed E-state index contributed by atoms with van der Waals surface area (Å²) in [4.78, 5) is 26.5. The summed E-state index contributed by atoms with van der Waals surface area (Å²) in [6.07, 6.45) is 1.92. The van der Waals surface area contributed by atoms with E-state index >= 15 is 0 Å². The minimum atomic E-state index is 0.0246. The maximum absolute atomic E-state index is 12.9. The van der Waals surface area contributed by atoms with Crippen molar-refractivity contribution in [1.82, 2.24) is 19.8 Å². The molecule has 1 aromatic heterocycles. The highest BCUT2D eigenvalue weighted by molar-refractivity contribution is 5.96. The van der Waals surface area contributed by atoms with Crippen molar-refractivity contribution in [2.45, 2.75) is 33.0 Å². The van der Waals surface area contributed by atoms with E-state index in [1.165, 1.54) is 11.1 Å². The number of rotatable bonds is 4. The smallest absolute Gasteiger partial charge is 0.254 e. The van der Waals surface area contributed by atoms with Gasteiger partial charge in [-0.15, -0.1) is 0 Å². The van der Waals surface area contributed by atoms with Crippen LogP contribution in [0.2, 0.25) is 0 Å². The fraction of sp³-hybridized carbons (Fsp3) is 0.269. The zero-order valence-electron chi connectivity index (χ0n) is 19.3. The standard InChI is InChI=1S/C26H26N6O2/c1-15-6-16(2)8-20(7-15)29-26-27-10-19-11-31(14-23(19)30-26)21-12-32(13-21)25(33)18-4-5-22-24(9-18)34-17(3)28-22/h4-10,21,28H,3,11-14H2,1-2H3,(H,27,29,30). The zero-order valence-corrected chi connectivity index (χ0v) is 19.3. The number of carbonyl (C=O) groups excluding carboxylic acids is 1. The highest BCUT2D eigenvalue weighted by Crippen LogP contribution is 2.34. The fourth-order valence-corrected chi connectivity index (χ4v) is 4.86. The quantitative estimate of drug-likeness (QED) is 0.618. The van der Waals surface area contributed by atoms with E-state index in [4.69, 9.17) is 9.72 Å². The van der Waals surface area contributed by atoms with Crippen LogP contribution in [0.1, 0.15) is 32.7 Å². The van der Waals surface area contributed by atoms with Crippen molar-refractivity contribution in [1.29, 1.82) is 0 Å². The zero-order chi connectivity index (χ0) is 23.4. The number of likely N-dealkylation sites (tertiary alicyclic amines) is 1. The summed E-state index contributed by atoms with van der Waals surface area (Å²) in [7, 11) is 0. The lowest BCUT2D eigenvalue weighted by atomic mass is 10.0. The monoisotopic (exact) mass is 454 g/mol. The number of aryl methyl sites for hydroxylation is 2. The minimum Gasteiger partial charge on any atom is -0.439 e. The van der Waals surface area contributed by atoms with E-state index in [9.17, 15) is 4.79 Å². The van der Waals surface area contributed by atoms with Gasteiger partial charge in [0.15, 0.2) is 11.6 Å². The van der Waals surface area contributed by atoms with E-state index in [2.05, 4.69) is 59.1 Å². The summed E-state index contributed by atoms with van der Waals surface area (Å²) in [5.74, 6) is 1.77. The van der Waals surface area contributed by atoms with Gasteiger partial charge >= 0.3 is 0 Å². The second-order valence-electron chi connectivity index (χ2n) is 9.30. The Morgan fingerprint density at radius 3 is 2.74 bits per heavy atom. The maximum Gasteiger partial charge on any atom is 0.254 e. The normalized spacial score (nSPS) is 17.0. The Morgan fingerprint density at radius 1 is 1.15 bits per heavy atom. The van der Waals surface area contributed by atoms with Gasteiger partial charge in [-0.1, -0.05) is 6.07 Å². The Balaban J connectivity index is 1.08. The Kier molecular flexibility index (Phi) is 4.77. The molecule has 172 valence electrons. The predicted molar refractivity (Wildman–Crippen MR) is 130 cm³/mol. The molecule has 1 amide bonds. The van der Waals surface area contributed by atoms with Crippen LogP contribution in [0.25, 0.3) is 0 Å². The second kappa shape index (κ2) is 7.85. The molecule has 0 atom stereocenters. The molecule has 0 radical (unpaired) electrons. The molecule has 1 fully saturated rings. The Bertz CT molecular complexity index is 1310. The largest absolute Gasteiger partial charge is 0.439 e. The van der Waals surface area contributed by atoms with Gasteiger partial charge in [-0.2, -0.15) is 0 Å². The first-order valence-electron chi connectivity index (χ1n) is 11.4. The summed E-state index contributed by atoms with van der Waals surface area (Å²) >= 11 is 0. The number of nitrogens with zero attached hydrogens (tertiary/aromatic N) is 4. The third-order valence-electron chi connectivity index (χ3n) is 6.56. The lowest BCUT2D eigenvalue weighted by Gasteiger charge is -2.44. The molecule has 4 heterocycles. The van der Waals surface area contributed by atoms with Gasteiger partial charge in [-0.05, 0) is 61.9 Å². The van der Waals surface area contributed by atoms with Crippen LogP contribution >= 0.6 is 0 Å². The van der Waals surface area contributed by atoms with Crippen molar-refractivity contribution in [3.8, 4) is 5.75 Å². The molecule has 2 aromatic carbocycles. The second-order valence-corrected chi connectivity index (χ2v) is 9.30. The molecule has 0 spiro atoms. The molecule has 0 saturated carbocycles. The van der Waals surface area contributed by atoms with Crippen LogP contribution in [-0.2, 0) is 13.1 Å². The molecule has 3 aromatic rings. The summed E-state index contributed by atoms with van der Waals surface area (Å²) < 4.78 is 5.52. The number of amides is 1. The van der Waals surface area contributed by atoms with E-state index in [0.717, 1.165) is 35.7 Å². The third kappa shape index (κ3) is 3.76. The first-order chi connectivity index (χ1) is 16.4. The first-order valence-corrected chi connectivity index (χ1v) is 11.4. The molecule has 8 nitrogen and oxygen atoms in total. The van der Waals surface area contributed by atoms with Crippen LogP contribution in [0.5, 0.6) is 5.75 Å². The number of hydrogen-bond donors (Lipinski definition) is 2. The molecule has 34 heavy (non-hydrogen) atoms. The molecule has 1 saturated heterocycles. The number of benzene rings is 2. The molecule has 0 unspecified atom stereocenters. The average Bonchev–Trinajstić information content (AvgIpc) is 3.33. The predicted octanol–water partition coefficient (Wildman–Crippen LogP) is 3.95. The van der Waals surface area contributed by atoms with E-state index < -0.39 is 0 Å². The number of nitrogens with one attached hydrogen (secondary N) is 2. The van der Waals surface area contributed by atoms with Gasteiger partial charge in [0.1, 0.15) is 0 Å². The summed E-state index contributed by atoms with van der Waals surface area (Å²) in [6, 6.07) is 12.1. The van der Waals surface area contributed by atoms with Crippen molar-refractivity contribution in [2.75, 3.05) is 23.7 Å². The van der Waals surface area contributed by atoms with Crippen LogP contribution < -0.4 is 15.4 Å². The van der Waals surface area contributed by atoms with Gasteiger partial charge in [0, 0.05) is 55.2 Å². The Labute approximate surface area is 198 Å². The van der Waals surface area contributed by atoms with E-state index in [1.807, 2.05) is 23.2 Å². The van der Waals surface area contributed by atoms with Crippen molar-refractivity contribution < 1.29 is 9.53 Å². The number of ether oxygens (including phenoxy) is 1. The first kappa shape index (κ1) is 20.7. The van der Waals surface area contributed by atoms with Crippen LogP contribution in [0.4, 0.5) is 17.3 Å². The molecule has 6 rings (SSSR count). The molecule has 0 aliphatic carbocycles. The Hall–Kier alpha value is -3.91. The summed E-state index contributed by atoms with van der Waals surface area (Å²) in [5, 5.41) is 6.37. The number of carbonyl (C=O) groups is 1. The molecular formula is C26H26N6O2. The lowest BCUT2D eigenvalue weighted by Crippen LogP contribution is -2.59. The molecular weight excluding hydrogens is 428 g/mol. The number of anilines is 3. The maximum atomic E-state index is 12.9. The number of fused-ring (bicyclic) bond motifs is 2. The van der Waals surface area contributed by atoms with Gasteiger partial charge in [0.25, 0.3) is 5.91 Å².